The molecule has 3 aromatic carbocycles. The Balaban J connectivity index is 1.64. The molecule has 146 valence electrons. The van der Waals surface area contributed by atoms with Crippen LogP contribution in [0.25, 0.3) is 0 Å². The monoisotopic (exact) mass is 490 g/mol. The van der Waals surface area contributed by atoms with Crippen molar-refractivity contribution in [2.45, 2.75) is 0 Å². The number of ether oxygens (including phenoxy) is 1. The van der Waals surface area contributed by atoms with Crippen LogP contribution in [0.1, 0.15) is 26.3 Å². The zero-order chi connectivity index (χ0) is 20.8. The fraction of sp³-hybridized carbons (Fsp3) is 0. The lowest BCUT2D eigenvalue weighted by molar-refractivity contribution is 0.0734. The second kappa shape index (κ2) is 9.69. The molecule has 5 nitrogen and oxygen atoms in total. The van der Waals surface area contributed by atoms with Gasteiger partial charge in [0.05, 0.1) is 16.8 Å². The van der Waals surface area contributed by atoms with Gasteiger partial charge in [-0.15, -0.1) is 0 Å². The average molecular weight is 492 g/mol. The third kappa shape index (κ3) is 5.90. The molecule has 1 N–H and O–H groups in total. The first-order chi connectivity index (χ1) is 13.9. The Hall–Kier alpha value is -2.67. The summed E-state index contributed by atoms with van der Waals surface area (Å²) in [5.74, 6) is -0.637. The summed E-state index contributed by atoms with van der Waals surface area (Å²) in [5.41, 5.74) is 3.76. The van der Waals surface area contributed by atoms with Crippen LogP contribution in [0.3, 0.4) is 0 Å². The first kappa shape index (κ1) is 21.0. The number of halogens is 3. The van der Waals surface area contributed by atoms with Crippen LogP contribution in [0.2, 0.25) is 10.0 Å². The summed E-state index contributed by atoms with van der Waals surface area (Å²) in [5, 5.41) is 4.56. The Morgan fingerprint density at radius 1 is 1.00 bits per heavy atom. The molecule has 0 saturated heterocycles. The second-order valence-electron chi connectivity index (χ2n) is 5.79. The number of hydrogen-bond acceptors (Lipinski definition) is 4. The van der Waals surface area contributed by atoms with Crippen LogP contribution in [0, 0.1) is 0 Å². The van der Waals surface area contributed by atoms with Crippen molar-refractivity contribution in [3.05, 3.63) is 97.9 Å². The van der Waals surface area contributed by atoms with E-state index in [0.29, 0.717) is 21.9 Å². The number of amides is 1. The van der Waals surface area contributed by atoms with Gasteiger partial charge >= 0.3 is 5.97 Å². The lowest BCUT2D eigenvalue weighted by Gasteiger charge is -2.07. The smallest absolute Gasteiger partial charge is 0.345 e. The fourth-order valence-electron chi connectivity index (χ4n) is 2.31. The van der Waals surface area contributed by atoms with Gasteiger partial charge in [0.15, 0.2) is 0 Å². The van der Waals surface area contributed by atoms with Gasteiger partial charge in [0, 0.05) is 15.1 Å². The summed E-state index contributed by atoms with van der Waals surface area (Å²) in [4.78, 5) is 24.3. The third-order valence-corrected chi connectivity index (χ3v) is 4.78. The molecule has 0 unspecified atom stereocenters. The van der Waals surface area contributed by atoms with Gasteiger partial charge in [0.2, 0.25) is 0 Å². The highest BCUT2D eigenvalue weighted by Crippen LogP contribution is 2.23. The molecule has 8 heteroatoms. The third-order valence-electron chi connectivity index (χ3n) is 3.71. The van der Waals surface area contributed by atoms with Crippen LogP contribution >= 0.6 is 39.1 Å². The fourth-order valence-corrected chi connectivity index (χ4v) is 3.06. The van der Waals surface area contributed by atoms with Crippen molar-refractivity contribution >= 4 is 57.2 Å². The van der Waals surface area contributed by atoms with Crippen molar-refractivity contribution in [2.24, 2.45) is 5.10 Å². The molecule has 0 spiro atoms. The maximum atomic E-state index is 12.3. The quantitative estimate of drug-likeness (QED) is 0.214. The van der Waals surface area contributed by atoms with E-state index in [-0.39, 0.29) is 16.5 Å². The predicted octanol–water partition coefficient (Wildman–Crippen LogP) is 5.74. The summed E-state index contributed by atoms with van der Waals surface area (Å²) in [7, 11) is 0. The van der Waals surface area contributed by atoms with Gasteiger partial charge in [-0.1, -0.05) is 51.3 Å². The summed E-state index contributed by atoms with van der Waals surface area (Å²) >= 11 is 15.2. The van der Waals surface area contributed by atoms with Crippen LogP contribution in [-0.4, -0.2) is 18.1 Å². The number of hydrazone groups is 1. The summed E-state index contributed by atoms with van der Waals surface area (Å²) in [6.07, 6.45) is 1.45. The molecule has 0 aliphatic carbocycles. The van der Waals surface area contributed by atoms with Crippen molar-refractivity contribution in [2.75, 3.05) is 0 Å². The topological polar surface area (TPSA) is 67.8 Å². The minimum absolute atomic E-state index is 0.205. The number of rotatable bonds is 5. The molecular weight excluding hydrogens is 479 g/mol. The van der Waals surface area contributed by atoms with Crippen molar-refractivity contribution in [3.63, 3.8) is 0 Å². The number of esters is 1. The van der Waals surface area contributed by atoms with Crippen molar-refractivity contribution in [1.29, 1.82) is 0 Å². The van der Waals surface area contributed by atoms with Crippen molar-refractivity contribution in [1.82, 2.24) is 5.43 Å². The highest BCUT2D eigenvalue weighted by Gasteiger charge is 2.13. The van der Waals surface area contributed by atoms with E-state index in [2.05, 4.69) is 26.5 Å². The van der Waals surface area contributed by atoms with Crippen LogP contribution < -0.4 is 10.2 Å². The minimum Gasteiger partial charge on any atom is -0.423 e. The SMILES string of the molecule is O=C(NN=Cc1cccc(OC(=O)c2ccc(Cl)cc2Cl)c1)c1ccc(Br)cc1. The molecule has 0 radical (unpaired) electrons. The van der Waals surface area contributed by atoms with Gasteiger partial charge in [-0.25, -0.2) is 10.2 Å². The van der Waals surface area contributed by atoms with E-state index >= 15 is 0 Å². The molecule has 0 aliphatic heterocycles. The van der Waals surface area contributed by atoms with E-state index in [1.165, 1.54) is 18.3 Å². The molecule has 0 saturated carbocycles. The van der Waals surface area contributed by atoms with E-state index in [1.807, 2.05) is 0 Å². The Labute approximate surface area is 185 Å². The van der Waals surface area contributed by atoms with E-state index in [9.17, 15) is 9.59 Å². The number of carbonyl (C=O) groups is 2. The van der Waals surface area contributed by atoms with Gasteiger partial charge in [-0.2, -0.15) is 5.10 Å². The minimum atomic E-state index is -0.607. The molecule has 3 rings (SSSR count). The van der Waals surface area contributed by atoms with Crippen LogP contribution in [0.4, 0.5) is 0 Å². The molecule has 3 aromatic rings. The predicted molar refractivity (Wildman–Crippen MR) is 117 cm³/mol. The van der Waals surface area contributed by atoms with Crippen LogP contribution in [0.5, 0.6) is 5.75 Å². The Morgan fingerprint density at radius 3 is 2.48 bits per heavy atom. The highest BCUT2D eigenvalue weighted by molar-refractivity contribution is 9.10. The van der Waals surface area contributed by atoms with Crippen LogP contribution in [-0.2, 0) is 0 Å². The first-order valence-electron chi connectivity index (χ1n) is 8.28. The Morgan fingerprint density at radius 2 is 1.76 bits per heavy atom. The van der Waals surface area contributed by atoms with Gasteiger partial charge < -0.3 is 4.74 Å². The molecule has 0 aromatic heterocycles. The van der Waals surface area contributed by atoms with E-state index in [0.717, 1.165) is 4.47 Å². The normalized spacial score (nSPS) is 10.7. The Kier molecular flexibility index (Phi) is 7.04. The molecule has 0 atom stereocenters. The van der Waals surface area contributed by atoms with Gasteiger partial charge in [0.1, 0.15) is 5.75 Å². The summed E-state index contributed by atoms with van der Waals surface area (Å²) in [6.45, 7) is 0. The van der Waals surface area contributed by atoms with Crippen molar-refractivity contribution in [3.8, 4) is 5.75 Å². The van der Waals surface area contributed by atoms with E-state index in [4.69, 9.17) is 27.9 Å². The first-order valence-corrected chi connectivity index (χ1v) is 9.83. The molecule has 0 fully saturated rings. The number of benzene rings is 3. The number of carbonyl (C=O) groups excluding carboxylic acids is 2. The Bertz CT molecular complexity index is 1090. The lowest BCUT2D eigenvalue weighted by Crippen LogP contribution is -2.17. The van der Waals surface area contributed by atoms with E-state index < -0.39 is 5.97 Å². The molecule has 0 heterocycles. The maximum Gasteiger partial charge on any atom is 0.345 e. The largest absolute Gasteiger partial charge is 0.423 e. The molecule has 0 bridgehead atoms. The number of nitrogens with one attached hydrogen (secondary N) is 1. The van der Waals surface area contributed by atoms with Gasteiger partial charge in [-0.05, 0) is 60.2 Å². The average Bonchev–Trinajstić information content (AvgIpc) is 2.68. The number of hydrogen-bond donors (Lipinski definition) is 1. The molecule has 0 aliphatic rings. The van der Waals surface area contributed by atoms with Gasteiger partial charge in [0.25, 0.3) is 5.91 Å². The van der Waals surface area contributed by atoms with Crippen molar-refractivity contribution < 1.29 is 14.3 Å². The molecule has 1 amide bonds. The number of nitrogens with zero attached hydrogens (tertiary/aromatic N) is 1. The standard InChI is InChI=1S/C21H13BrCl2N2O3/c22-15-6-4-14(5-7-15)20(27)26-25-12-13-2-1-3-17(10-13)29-21(28)18-9-8-16(23)11-19(18)24/h1-12H,(H,26,27). The molecule has 29 heavy (non-hydrogen) atoms. The zero-order valence-corrected chi connectivity index (χ0v) is 17.8. The van der Waals surface area contributed by atoms with E-state index in [1.54, 1.807) is 54.6 Å². The summed E-state index contributed by atoms with van der Waals surface area (Å²) < 4.78 is 6.23. The van der Waals surface area contributed by atoms with Crippen LogP contribution in [0.15, 0.2) is 76.3 Å². The lowest BCUT2D eigenvalue weighted by atomic mass is 10.2. The maximum absolute atomic E-state index is 12.3. The zero-order valence-electron chi connectivity index (χ0n) is 14.7. The molecular formula is C21H13BrCl2N2O3. The van der Waals surface area contributed by atoms with Gasteiger partial charge in [-0.3, -0.25) is 4.79 Å². The highest BCUT2D eigenvalue weighted by atomic mass is 79.9. The second-order valence-corrected chi connectivity index (χ2v) is 7.55. The summed E-state index contributed by atoms with van der Waals surface area (Å²) in [6, 6.07) is 18.1.